The Morgan fingerprint density at radius 1 is 1.43 bits per heavy atom. The number of urea groups is 1. The number of benzene rings is 1. The van der Waals surface area contributed by atoms with Crippen LogP contribution in [0.4, 0.5) is 14.9 Å². The number of carbonyl (C=O) groups is 2. The van der Waals surface area contributed by atoms with Crippen molar-refractivity contribution in [3.8, 4) is 0 Å². The minimum absolute atomic E-state index is 0.0108. The second-order valence-electron chi connectivity index (χ2n) is 4.84. The topological polar surface area (TPSA) is 69.6 Å². The second kappa shape index (κ2) is 7.97. The zero-order valence-corrected chi connectivity index (χ0v) is 13.5. The highest BCUT2D eigenvalue weighted by Gasteiger charge is 2.18. The lowest BCUT2D eigenvalue weighted by Crippen LogP contribution is -2.41. The van der Waals surface area contributed by atoms with Gasteiger partial charge in [0, 0.05) is 23.5 Å². The van der Waals surface area contributed by atoms with Crippen molar-refractivity contribution in [2.24, 2.45) is 0 Å². The average Bonchev–Trinajstić information content (AvgIpc) is 2.37. The Bertz CT molecular complexity index is 523. The molecule has 0 fully saturated rings. The van der Waals surface area contributed by atoms with Crippen LogP contribution in [0.2, 0.25) is 0 Å². The lowest BCUT2D eigenvalue weighted by atomic mass is 10.2. The van der Waals surface area contributed by atoms with Crippen LogP contribution >= 0.6 is 15.9 Å². The van der Waals surface area contributed by atoms with E-state index in [2.05, 4.69) is 21.2 Å². The molecule has 0 saturated heterocycles. The first-order valence-corrected chi connectivity index (χ1v) is 7.35. The summed E-state index contributed by atoms with van der Waals surface area (Å²) in [6, 6.07) is 3.80. The number of carboxylic acids is 1. The second-order valence-corrected chi connectivity index (χ2v) is 5.75. The van der Waals surface area contributed by atoms with Gasteiger partial charge in [-0.25, -0.2) is 9.18 Å². The highest BCUT2D eigenvalue weighted by Crippen LogP contribution is 2.20. The maximum atomic E-state index is 13.7. The van der Waals surface area contributed by atoms with E-state index in [1.54, 1.807) is 6.07 Å². The number of rotatable bonds is 6. The number of hydrogen-bond acceptors (Lipinski definition) is 2. The molecule has 0 aromatic heterocycles. The summed E-state index contributed by atoms with van der Waals surface area (Å²) in [5, 5.41) is 11.1. The normalized spacial score (nSPS) is 10.5. The smallest absolute Gasteiger partial charge is 0.322 e. The molecular formula is C14H18BrFN2O3. The van der Waals surface area contributed by atoms with E-state index in [1.165, 1.54) is 17.0 Å². The van der Waals surface area contributed by atoms with Gasteiger partial charge in [0.05, 0.1) is 5.69 Å². The van der Waals surface area contributed by atoms with Crippen molar-refractivity contribution in [2.75, 3.05) is 11.9 Å². The molecule has 1 rings (SSSR count). The third kappa shape index (κ3) is 5.71. The Hall–Kier alpha value is -1.63. The maximum Gasteiger partial charge on any atom is 0.322 e. The van der Waals surface area contributed by atoms with Crippen molar-refractivity contribution in [1.82, 2.24) is 4.90 Å². The molecule has 0 heterocycles. The van der Waals surface area contributed by atoms with Gasteiger partial charge in [0.2, 0.25) is 0 Å². The Labute approximate surface area is 131 Å². The predicted molar refractivity (Wildman–Crippen MR) is 81.8 cm³/mol. The summed E-state index contributed by atoms with van der Waals surface area (Å²) in [6.07, 6.45) is 0.340. The Morgan fingerprint density at radius 3 is 2.62 bits per heavy atom. The van der Waals surface area contributed by atoms with Gasteiger partial charge < -0.3 is 15.3 Å². The van der Waals surface area contributed by atoms with Gasteiger partial charge in [-0.1, -0.05) is 15.9 Å². The summed E-state index contributed by atoms with van der Waals surface area (Å²) in [6.45, 7) is 3.94. The van der Waals surface area contributed by atoms with E-state index in [9.17, 15) is 14.0 Å². The van der Waals surface area contributed by atoms with Gasteiger partial charge in [-0.3, -0.25) is 4.79 Å². The van der Waals surface area contributed by atoms with Crippen LogP contribution in [0.15, 0.2) is 22.7 Å². The molecule has 1 aromatic carbocycles. The van der Waals surface area contributed by atoms with Crippen LogP contribution in [-0.2, 0) is 4.79 Å². The molecule has 0 aliphatic rings. The van der Waals surface area contributed by atoms with Crippen molar-refractivity contribution in [2.45, 2.75) is 32.7 Å². The number of anilines is 1. The molecule has 0 spiro atoms. The molecule has 7 heteroatoms. The molecule has 0 atom stereocenters. The zero-order chi connectivity index (χ0) is 16.0. The van der Waals surface area contributed by atoms with E-state index in [1.807, 2.05) is 13.8 Å². The number of carbonyl (C=O) groups excluding carboxylic acids is 1. The first-order valence-electron chi connectivity index (χ1n) is 6.55. The van der Waals surface area contributed by atoms with Crippen LogP contribution in [-0.4, -0.2) is 34.6 Å². The molecule has 0 saturated carbocycles. The van der Waals surface area contributed by atoms with Crippen molar-refractivity contribution in [1.29, 1.82) is 0 Å². The third-order valence-corrected chi connectivity index (χ3v) is 3.34. The molecular weight excluding hydrogens is 343 g/mol. The SMILES string of the molecule is CC(C)N(CCCC(=O)O)C(=O)Nc1ccc(Br)cc1F. The van der Waals surface area contributed by atoms with Crippen LogP contribution in [0.3, 0.4) is 0 Å². The number of carboxylic acid groups (broad SMARTS) is 1. The van der Waals surface area contributed by atoms with E-state index < -0.39 is 17.8 Å². The minimum atomic E-state index is -0.905. The van der Waals surface area contributed by atoms with Crippen LogP contribution in [0.25, 0.3) is 0 Å². The average molecular weight is 361 g/mol. The molecule has 0 bridgehead atoms. The van der Waals surface area contributed by atoms with E-state index in [4.69, 9.17) is 5.11 Å². The Balaban J connectivity index is 2.70. The quantitative estimate of drug-likeness (QED) is 0.812. The summed E-state index contributed by atoms with van der Waals surface area (Å²) >= 11 is 3.14. The number of hydrogen-bond donors (Lipinski definition) is 2. The Morgan fingerprint density at radius 2 is 2.10 bits per heavy atom. The van der Waals surface area contributed by atoms with E-state index in [0.29, 0.717) is 17.4 Å². The van der Waals surface area contributed by atoms with Crippen molar-refractivity contribution in [3.05, 3.63) is 28.5 Å². The lowest BCUT2D eigenvalue weighted by molar-refractivity contribution is -0.137. The molecule has 0 radical (unpaired) electrons. The summed E-state index contributed by atoms with van der Waals surface area (Å²) in [7, 11) is 0. The lowest BCUT2D eigenvalue weighted by Gasteiger charge is -2.27. The fourth-order valence-electron chi connectivity index (χ4n) is 1.77. The Kier molecular flexibility index (Phi) is 6.61. The molecule has 21 heavy (non-hydrogen) atoms. The van der Waals surface area contributed by atoms with Gasteiger partial charge in [0.15, 0.2) is 0 Å². The maximum absolute atomic E-state index is 13.7. The van der Waals surface area contributed by atoms with Crippen molar-refractivity contribution < 1.29 is 19.1 Å². The molecule has 2 N–H and O–H groups in total. The van der Waals surface area contributed by atoms with Crippen LogP contribution in [0.5, 0.6) is 0 Å². The van der Waals surface area contributed by atoms with Crippen LogP contribution in [0, 0.1) is 5.82 Å². The summed E-state index contributed by atoms with van der Waals surface area (Å²) < 4.78 is 14.3. The van der Waals surface area contributed by atoms with E-state index in [-0.39, 0.29) is 18.2 Å². The van der Waals surface area contributed by atoms with Gasteiger partial charge in [0.25, 0.3) is 0 Å². The zero-order valence-electron chi connectivity index (χ0n) is 11.9. The molecule has 0 unspecified atom stereocenters. The van der Waals surface area contributed by atoms with E-state index in [0.717, 1.165) is 0 Å². The highest BCUT2D eigenvalue weighted by atomic mass is 79.9. The summed E-state index contributed by atoms with van der Waals surface area (Å²) in [5.41, 5.74) is 0.0899. The predicted octanol–water partition coefficient (Wildman–Crippen LogP) is 3.70. The first kappa shape index (κ1) is 17.4. The van der Waals surface area contributed by atoms with Crippen LogP contribution < -0.4 is 5.32 Å². The van der Waals surface area contributed by atoms with E-state index >= 15 is 0 Å². The minimum Gasteiger partial charge on any atom is -0.481 e. The van der Waals surface area contributed by atoms with Crippen molar-refractivity contribution in [3.63, 3.8) is 0 Å². The number of nitrogens with zero attached hydrogens (tertiary/aromatic N) is 1. The fraction of sp³-hybridized carbons (Fsp3) is 0.429. The van der Waals surface area contributed by atoms with Gasteiger partial charge in [-0.05, 0) is 38.5 Å². The molecule has 2 amide bonds. The fourth-order valence-corrected chi connectivity index (χ4v) is 2.11. The number of aliphatic carboxylic acids is 1. The highest BCUT2D eigenvalue weighted by molar-refractivity contribution is 9.10. The molecule has 5 nitrogen and oxygen atoms in total. The van der Waals surface area contributed by atoms with Gasteiger partial charge in [-0.15, -0.1) is 0 Å². The van der Waals surface area contributed by atoms with Gasteiger partial charge in [-0.2, -0.15) is 0 Å². The number of halogens is 2. The largest absolute Gasteiger partial charge is 0.481 e. The first-order chi connectivity index (χ1) is 9.81. The van der Waals surface area contributed by atoms with Gasteiger partial charge in [0.1, 0.15) is 5.82 Å². The molecule has 116 valence electrons. The third-order valence-electron chi connectivity index (χ3n) is 2.85. The summed E-state index contributed by atoms with van der Waals surface area (Å²) in [4.78, 5) is 24.1. The number of nitrogens with one attached hydrogen (secondary N) is 1. The van der Waals surface area contributed by atoms with Crippen LogP contribution in [0.1, 0.15) is 26.7 Å². The number of amides is 2. The van der Waals surface area contributed by atoms with Crippen molar-refractivity contribution >= 4 is 33.6 Å². The summed E-state index contributed by atoms with van der Waals surface area (Å²) in [5.74, 6) is -1.44. The standard InChI is InChI=1S/C14H18BrFN2O3/c1-9(2)18(7-3-4-13(19)20)14(21)17-12-6-5-10(15)8-11(12)16/h5-6,8-9H,3-4,7H2,1-2H3,(H,17,21)(H,19,20). The monoisotopic (exact) mass is 360 g/mol. The van der Waals surface area contributed by atoms with Gasteiger partial charge >= 0.3 is 12.0 Å². The molecule has 0 aliphatic heterocycles. The molecule has 1 aromatic rings. The molecule has 0 aliphatic carbocycles.